The van der Waals surface area contributed by atoms with Gasteiger partial charge in [-0.1, -0.05) is 18.2 Å². The van der Waals surface area contributed by atoms with Crippen molar-refractivity contribution in [3.8, 4) is 6.07 Å². The van der Waals surface area contributed by atoms with Gasteiger partial charge in [0.15, 0.2) is 0 Å². The molecule has 1 aromatic carbocycles. The van der Waals surface area contributed by atoms with E-state index in [1.807, 2.05) is 6.07 Å². The van der Waals surface area contributed by atoms with Crippen LogP contribution in [0.4, 0.5) is 0 Å². The van der Waals surface area contributed by atoms with Crippen molar-refractivity contribution < 1.29 is 9.90 Å². The van der Waals surface area contributed by atoms with Gasteiger partial charge in [-0.3, -0.25) is 0 Å². The molecule has 0 amide bonds. The fourth-order valence-electron chi connectivity index (χ4n) is 1.23. The third-order valence-electron chi connectivity index (χ3n) is 1.92. The van der Waals surface area contributed by atoms with Crippen molar-refractivity contribution in [2.75, 3.05) is 7.05 Å². The highest BCUT2D eigenvalue weighted by Gasteiger charge is 2.15. The quantitative estimate of drug-likeness (QED) is 0.750. The molecule has 0 aliphatic heterocycles. The summed E-state index contributed by atoms with van der Waals surface area (Å²) >= 11 is 0. The number of rotatable bonds is 3. The summed E-state index contributed by atoms with van der Waals surface area (Å²) in [5, 5.41) is 20.4. The summed E-state index contributed by atoms with van der Waals surface area (Å²) in [6.07, 6.45) is 0. The number of hydrogen-bond donors (Lipinski definition) is 2. The monoisotopic (exact) mass is 190 g/mol. The Kier molecular flexibility index (Phi) is 3.21. The summed E-state index contributed by atoms with van der Waals surface area (Å²) < 4.78 is 0. The third-order valence-corrected chi connectivity index (χ3v) is 1.92. The van der Waals surface area contributed by atoms with Crippen LogP contribution in [-0.4, -0.2) is 18.1 Å². The van der Waals surface area contributed by atoms with Crippen molar-refractivity contribution in [3.05, 3.63) is 35.4 Å². The average Bonchev–Trinajstić information content (AvgIpc) is 2.20. The first-order chi connectivity index (χ1) is 6.70. The smallest absolute Gasteiger partial charge is 0.336 e. The molecule has 1 unspecified atom stereocenters. The lowest BCUT2D eigenvalue weighted by Gasteiger charge is -2.10. The molecule has 1 aromatic rings. The van der Waals surface area contributed by atoms with Crippen LogP contribution in [0.15, 0.2) is 24.3 Å². The van der Waals surface area contributed by atoms with Crippen molar-refractivity contribution in [1.29, 1.82) is 5.26 Å². The lowest BCUT2D eigenvalue weighted by atomic mass is 10.0. The van der Waals surface area contributed by atoms with Crippen LogP contribution in [0.3, 0.4) is 0 Å². The lowest BCUT2D eigenvalue weighted by Crippen LogP contribution is -2.17. The first kappa shape index (κ1) is 10.2. The van der Waals surface area contributed by atoms with Crippen molar-refractivity contribution in [2.24, 2.45) is 0 Å². The number of nitriles is 1. The zero-order valence-corrected chi connectivity index (χ0v) is 7.69. The maximum Gasteiger partial charge on any atom is 0.336 e. The molecule has 0 saturated carbocycles. The molecule has 1 rings (SSSR count). The fourth-order valence-corrected chi connectivity index (χ4v) is 1.23. The van der Waals surface area contributed by atoms with E-state index in [4.69, 9.17) is 10.4 Å². The topological polar surface area (TPSA) is 73.1 Å². The molecule has 0 bridgehead atoms. The van der Waals surface area contributed by atoms with Gasteiger partial charge in [-0.15, -0.1) is 0 Å². The van der Waals surface area contributed by atoms with Crippen LogP contribution in [-0.2, 0) is 0 Å². The molecule has 72 valence electrons. The summed E-state index contributed by atoms with van der Waals surface area (Å²) in [5.41, 5.74) is 0.651. The predicted molar refractivity (Wildman–Crippen MR) is 50.8 cm³/mol. The number of hydrogen-bond acceptors (Lipinski definition) is 3. The van der Waals surface area contributed by atoms with Gasteiger partial charge < -0.3 is 10.4 Å². The van der Waals surface area contributed by atoms with Gasteiger partial charge in [-0.2, -0.15) is 5.26 Å². The Labute approximate surface area is 81.8 Å². The Morgan fingerprint density at radius 3 is 2.71 bits per heavy atom. The van der Waals surface area contributed by atoms with E-state index in [0.717, 1.165) is 0 Å². The molecule has 4 heteroatoms. The highest BCUT2D eigenvalue weighted by molar-refractivity contribution is 5.89. The number of benzene rings is 1. The van der Waals surface area contributed by atoms with Gasteiger partial charge >= 0.3 is 5.97 Å². The van der Waals surface area contributed by atoms with Gasteiger partial charge in [0.25, 0.3) is 0 Å². The largest absolute Gasteiger partial charge is 0.478 e. The van der Waals surface area contributed by atoms with Crippen LogP contribution in [0.2, 0.25) is 0 Å². The molecule has 0 saturated heterocycles. The second-order valence-electron chi connectivity index (χ2n) is 2.74. The van der Waals surface area contributed by atoms with Crippen molar-refractivity contribution in [3.63, 3.8) is 0 Å². The minimum atomic E-state index is -1.02. The Morgan fingerprint density at radius 1 is 1.57 bits per heavy atom. The summed E-state index contributed by atoms with van der Waals surface area (Å²) in [7, 11) is 1.62. The predicted octanol–water partition coefficient (Wildman–Crippen LogP) is 1.17. The number of carbonyl (C=O) groups is 1. The van der Waals surface area contributed by atoms with E-state index >= 15 is 0 Å². The van der Waals surface area contributed by atoms with E-state index < -0.39 is 12.0 Å². The molecule has 0 radical (unpaired) electrons. The van der Waals surface area contributed by atoms with E-state index in [0.29, 0.717) is 5.56 Å². The van der Waals surface area contributed by atoms with Gasteiger partial charge in [0, 0.05) is 0 Å². The van der Waals surface area contributed by atoms with Crippen LogP contribution in [0.1, 0.15) is 22.0 Å². The van der Waals surface area contributed by atoms with Crippen LogP contribution in [0, 0.1) is 11.3 Å². The first-order valence-electron chi connectivity index (χ1n) is 4.09. The lowest BCUT2D eigenvalue weighted by molar-refractivity contribution is 0.0695. The molecular weight excluding hydrogens is 180 g/mol. The normalized spacial score (nSPS) is 11.7. The second kappa shape index (κ2) is 4.40. The molecular formula is C10H10N2O2. The van der Waals surface area contributed by atoms with Crippen LogP contribution < -0.4 is 5.32 Å². The SMILES string of the molecule is CNC(C#N)c1ccccc1C(=O)O. The maximum absolute atomic E-state index is 10.8. The van der Waals surface area contributed by atoms with Gasteiger partial charge in [-0.25, -0.2) is 4.79 Å². The third kappa shape index (κ3) is 1.90. The summed E-state index contributed by atoms with van der Waals surface area (Å²) in [5.74, 6) is -1.02. The van der Waals surface area contributed by atoms with Gasteiger partial charge in [0.2, 0.25) is 0 Å². The molecule has 0 heterocycles. The van der Waals surface area contributed by atoms with Gasteiger partial charge in [0.05, 0.1) is 11.6 Å². The summed E-state index contributed by atoms with van der Waals surface area (Å²) in [6, 6.07) is 7.87. The first-order valence-corrected chi connectivity index (χ1v) is 4.09. The number of carboxylic acids is 1. The van der Waals surface area contributed by atoms with E-state index in [9.17, 15) is 4.79 Å². The zero-order valence-electron chi connectivity index (χ0n) is 7.69. The number of nitrogens with zero attached hydrogens (tertiary/aromatic N) is 1. The molecule has 14 heavy (non-hydrogen) atoms. The average molecular weight is 190 g/mol. The standard InChI is InChI=1S/C10H10N2O2/c1-12-9(6-11)7-4-2-3-5-8(7)10(13)14/h2-5,9,12H,1H3,(H,13,14). The van der Waals surface area contributed by atoms with Crippen molar-refractivity contribution >= 4 is 5.97 Å². The molecule has 0 spiro atoms. The summed E-state index contributed by atoms with van der Waals surface area (Å²) in [4.78, 5) is 10.8. The van der Waals surface area contributed by atoms with Crippen LogP contribution in [0.25, 0.3) is 0 Å². The minimum absolute atomic E-state index is 0.161. The minimum Gasteiger partial charge on any atom is -0.478 e. The van der Waals surface area contributed by atoms with E-state index in [-0.39, 0.29) is 5.56 Å². The number of aromatic carboxylic acids is 1. The van der Waals surface area contributed by atoms with Gasteiger partial charge in [0.1, 0.15) is 6.04 Å². The van der Waals surface area contributed by atoms with Crippen molar-refractivity contribution in [1.82, 2.24) is 5.32 Å². The second-order valence-corrected chi connectivity index (χ2v) is 2.74. The molecule has 0 aliphatic rings. The fraction of sp³-hybridized carbons (Fsp3) is 0.200. The van der Waals surface area contributed by atoms with E-state index in [1.54, 1.807) is 25.2 Å². The molecule has 4 nitrogen and oxygen atoms in total. The Bertz CT molecular complexity index is 382. The molecule has 1 atom stereocenters. The van der Waals surface area contributed by atoms with E-state index in [1.165, 1.54) is 6.07 Å². The van der Waals surface area contributed by atoms with Crippen molar-refractivity contribution in [2.45, 2.75) is 6.04 Å². The van der Waals surface area contributed by atoms with Gasteiger partial charge in [-0.05, 0) is 18.7 Å². The molecule has 0 fully saturated rings. The van der Waals surface area contributed by atoms with E-state index in [2.05, 4.69) is 5.32 Å². The number of carboxylic acid groups (broad SMARTS) is 1. The number of nitrogens with one attached hydrogen (secondary N) is 1. The molecule has 2 N–H and O–H groups in total. The Hall–Kier alpha value is -1.86. The molecule has 0 aromatic heterocycles. The highest BCUT2D eigenvalue weighted by Crippen LogP contribution is 2.16. The highest BCUT2D eigenvalue weighted by atomic mass is 16.4. The van der Waals surface area contributed by atoms with Crippen LogP contribution in [0.5, 0.6) is 0 Å². The van der Waals surface area contributed by atoms with Crippen LogP contribution >= 0.6 is 0 Å². The zero-order chi connectivity index (χ0) is 10.6. The molecule has 0 aliphatic carbocycles. The Morgan fingerprint density at radius 2 is 2.21 bits per heavy atom. The maximum atomic E-state index is 10.8. The Balaban J connectivity index is 3.20. The summed E-state index contributed by atoms with van der Waals surface area (Å²) in [6.45, 7) is 0.